The van der Waals surface area contributed by atoms with Gasteiger partial charge < -0.3 is 5.32 Å². The Morgan fingerprint density at radius 2 is 1.71 bits per heavy atom. The lowest BCUT2D eigenvalue weighted by Gasteiger charge is -2.17. The zero-order valence-electron chi connectivity index (χ0n) is 11.1. The lowest BCUT2D eigenvalue weighted by atomic mass is 10.1. The molecule has 0 spiro atoms. The van der Waals surface area contributed by atoms with E-state index in [0.29, 0.717) is 26.7 Å². The summed E-state index contributed by atoms with van der Waals surface area (Å²) in [5.41, 5.74) is 1.76. The predicted octanol–water partition coefficient (Wildman–Crippen LogP) is 6.48. The summed E-state index contributed by atoms with van der Waals surface area (Å²) in [7, 11) is 0. The van der Waals surface area contributed by atoms with Crippen LogP contribution in [-0.2, 0) is 0 Å². The number of hydrogen-bond acceptors (Lipinski definition) is 2. The quantitative estimate of drug-likeness (QED) is 0.621. The highest BCUT2D eigenvalue weighted by atomic mass is 35.5. The Morgan fingerprint density at radius 1 is 1.05 bits per heavy atom. The van der Waals surface area contributed by atoms with Crippen LogP contribution in [0.4, 0.5) is 14.5 Å². The van der Waals surface area contributed by atoms with Crippen molar-refractivity contribution in [3.05, 3.63) is 58.1 Å². The molecule has 0 saturated carbocycles. The van der Waals surface area contributed by atoms with Gasteiger partial charge in [-0.15, -0.1) is 0 Å². The van der Waals surface area contributed by atoms with E-state index in [2.05, 4.69) is 5.32 Å². The van der Waals surface area contributed by atoms with Gasteiger partial charge in [-0.3, -0.25) is 0 Å². The lowest BCUT2D eigenvalue weighted by Crippen LogP contribution is -2.07. The average Bonchev–Trinajstić information content (AvgIpc) is 2.40. The van der Waals surface area contributed by atoms with Crippen molar-refractivity contribution in [3.8, 4) is 0 Å². The summed E-state index contributed by atoms with van der Waals surface area (Å²) in [5, 5.41) is 4.45. The third-order valence-corrected chi connectivity index (χ3v) is 4.18. The van der Waals surface area contributed by atoms with Crippen LogP contribution < -0.4 is 5.32 Å². The van der Waals surface area contributed by atoms with Crippen LogP contribution in [0.1, 0.15) is 18.5 Å². The van der Waals surface area contributed by atoms with Gasteiger partial charge in [-0.05, 0) is 48.9 Å². The van der Waals surface area contributed by atoms with Crippen LogP contribution in [0.5, 0.6) is 0 Å². The molecule has 21 heavy (non-hydrogen) atoms. The molecule has 0 heterocycles. The highest BCUT2D eigenvalue weighted by Crippen LogP contribution is 2.30. The molecule has 0 aliphatic heterocycles. The van der Waals surface area contributed by atoms with Gasteiger partial charge in [0.05, 0.1) is 0 Å². The molecule has 2 aromatic carbocycles. The normalized spacial score (nSPS) is 12.5. The number of benzene rings is 2. The summed E-state index contributed by atoms with van der Waals surface area (Å²) < 4.78 is 24.5. The van der Waals surface area contributed by atoms with Crippen LogP contribution in [-0.4, -0.2) is 5.76 Å². The van der Waals surface area contributed by atoms with Gasteiger partial charge in [0.2, 0.25) is 0 Å². The van der Waals surface area contributed by atoms with E-state index < -0.39 is 5.76 Å². The van der Waals surface area contributed by atoms with E-state index in [9.17, 15) is 8.78 Å². The Morgan fingerprint density at radius 3 is 2.29 bits per heavy atom. The molecule has 0 amide bonds. The Labute approximate surface area is 136 Å². The van der Waals surface area contributed by atoms with E-state index >= 15 is 0 Å². The van der Waals surface area contributed by atoms with Crippen LogP contribution in [0.3, 0.4) is 0 Å². The average molecular weight is 348 g/mol. The smallest absolute Gasteiger partial charge is 0.288 e. The van der Waals surface area contributed by atoms with Crippen molar-refractivity contribution >= 4 is 40.7 Å². The molecule has 2 rings (SSSR count). The van der Waals surface area contributed by atoms with Crippen molar-refractivity contribution < 1.29 is 8.78 Å². The molecule has 0 bridgehead atoms. The first kappa shape index (κ1) is 16.4. The SMILES string of the molecule is CC(Nc1ccc(SC(F)F)cc1)c1ccc(Cl)cc1Cl. The third-order valence-electron chi connectivity index (χ3n) is 2.89. The standard InChI is InChI=1S/C15H13Cl2F2NS/c1-9(13-7-2-10(16)8-14(13)17)20-11-3-5-12(6-4-11)21-15(18)19/h2-9,15,20H,1H3. The molecule has 112 valence electrons. The van der Waals surface area contributed by atoms with Gasteiger partial charge in [-0.1, -0.05) is 41.0 Å². The van der Waals surface area contributed by atoms with Gasteiger partial charge in [0, 0.05) is 26.7 Å². The van der Waals surface area contributed by atoms with Crippen molar-refractivity contribution in [1.29, 1.82) is 0 Å². The monoisotopic (exact) mass is 347 g/mol. The Hall–Kier alpha value is -0.970. The molecule has 2 aromatic rings. The van der Waals surface area contributed by atoms with E-state index in [-0.39, 0.29) is 6.04 Å². The summed E-state index contributed by atoms with van der Waals surface area (Å²) in [5.74, 6) is -2.41. The Bertz CT molecular complexity index is 605. The number of halogens is 4. The Kier molecular flexibility index (Phi) is 5.73. The Balaban J connectivity index is 2.06. The number of nitrogens with one attached hydrogen (secondary N) is 1. The zero-order valence-corrected chi connectivity index (χ0v) is 13.4. The van der Waals surface area contributed by atoms with Gasteiger partial charge in [-0.2, -0.15) is 8.78 Å². The van der Waals surface area contributed by atoms with Gasteiger partial charge in [-0.25, -0.2) is 0 Å². The summed E-state index contributed by atoms with van der Waals surface area (Å²) in [4.78, 5) is 0.535. The van der Waals surface area contributed by atoms with E-state index in [0.717, 1.165) is 11.3 Å². The van der Waals surface area contributed by atoms with Crippen molar-refractivity contribution in [2.24, 2.45) is 0 Å². The van der Waals surface area contributed by atoms with Crippen molar-refractivity contribution in [1.82, 2.24) is 0 Å². The maximum absolute atomic E-state index is 12.3. The molecule has 0 aliphatic carbocycles. The minimum absolute atomic E-state index is 0.0247. The van der Waals surface area contributed by atoms with Crippen LogP contribution in [0, 0.1) is 0 Å². The first-order valence-electron chi connectivity index (χ1n) is 6.22. The minimum atomic E-state index is -2.41. The highest BCUT2D eigenvalue weighted by molar-refractivity contribution is 7.99. The maximum Gasteiger partial charge on any atom is 0.288 e. The van der Waals surface area contributed by atoms with Gasteiger partial charge in [0.25, 0.3) is 5.76 Å². The fraction of sp³-hybridized carbons (Fsp3) is 0.200. The lowest BCUT2D eigenvalue weighted by molar-refractivity contribution is 0.252. The van der Waals surface area contributed by atoms with Crippen LogP contribution in [0.15, 0.2) is 47.4 Å². The van der Waals surface area contributed by atoms with Crippen LogP contribution in [0.2, 0.25) is 10.0 Å². The molecule has 1 unspecified atom stereocenters. The fourth-order valence-electron chi connectivity index (χ4n) is 1.91. The second kappa shape index (κ2) is 7.34. The van der Waals surface area contributed by atoms with E-state index in [1.165, 1.54) is 0 Å². The molecule has 0 aromatic heterocycles. The molecule has 0 aliphatic rings. The molecular weight excluding hydrogens is 335 g/mol. The number of anilines is 1. The molecule has 0 fully saturated rings. The first-order valence-corrected chi connectivity index (χ1v) is 7.85. The van der Waals surface area contributed by atoms with Crippen molar-refractivity contribution in [2.75, 3.05) is 5.32 Å². The molecule has 1 N–H and O–H groups in total. The molecule has 0 saturated heterocycles. The zero-order chi connectivity index (χ0) is 15.4. The third kappa shape index (κ3) is 4.77. The van der Waals surface area contributed by atoms with E-state index in [4.69, 9.17) is 23.2 Å². The van der Waals surface area contributed by atoms with Crippen LogP contribution >= 0.6 is 35.0 Å². The largest absolute Gasteiger partial charge is 0.378 e. The van der Waals surface area contributed by atoms with Gasteiger partial charge in [0.1, 0.15) is 0 Å². The molecule has 0 radical (unpaired) electrons. The number of alkyl halides is 2. The summed E-state index contributed by atoms with van der Waals surface area (Å²) in [6, 6.07) is 12.2. The molecular formula is C15H13Cl2F2NS. The van der Waals surface area contributed by atoms with Crippen molar-refractivity contribution in [2.45, 2.75) is 23.6 Å². The van der Waals surface area contributed by atoms with Gasteiger partial charge >= 0.3 is 0 Å². The van der Waals surface area contributed by atoms with Crippen LogP contribution in [0.25, 0.3) is 0 Å². The second-order valence-electron chi connectivity index (χ2n) is 4.43. The minimum Gasteiger partial charge on any atom is -0.378 e. The number of rotatable bonds is 5. The summed E-state index contributed by atoms with van der Waals surface area (Å²) >= 11 is 12.6. The van der Waals surface area contributed by atoms with E-state index in [1.54, 1.807) is 36.4 Å². The molecule has 1 nitrogen and oxygen atoms in total. The topological polar surface area (TPSA) is 12.0 Å². The second-order valence-corrected chi connectivity index (χ2v) is 6.34. The summed E-state index contributed by atoms with van der Waals surface area (Å²) in [6.07, 6.45) is 0. The van der Waals surface area contributed by atoms with Crippen molar-refractivity contribution in [3.63, 3.8) is 0 Å². The highest BCUT2D eigenvalue weighted by Gasteiger charge is 2.10. The molecule has 6 heteroatoms. The predicted molar refractivity (Wildman–Crippen MR) is 86.8 cm³/mol. The fourth-order valence-corrected chi connectivity index (χ4v) is 2.98. The van der Waals surface area contributed by atoms with Gasteiger partial charge in [0.15, 0.2) is 0 Å². The summed E-state index contributed by atoms with van der Waals surface area (Å²) in [6.45, 7) is 1.97. The first-order chi connectivity index (χ1) is 9.95. The number of hydrogen-bond donors (Lipinski definition) is 1. The van der Waals surface area contributed by atoms with E-state index in [1.807, 2.05) is 13.0 Å². The molecule has 1 atom stereocenters. The maximum atomic E-state index is 12.3. The number of thioether (sulfide) groups is 1.